The summed E-state index contributed by atoms with van der Waals surface area (Å²) in [6.07, 6.45) is 0. The minimum atomic E-state index is -0.178. The Morgan fingerprint density at radius 1 is 1.58 bits per heavy atom. The van der Waals surface area contributed by atoms with Crippen LogP contribution in [0.1, 0.15) is 21.8 Å². The molecule has 0 saturated heterocycles. The van der Waals surface area contributed by atoms with Crippen LogP contribution in [0, 0.1) is 6.92 Å². The van der Waals surface area contributed by atoms with Crippen molar-refractivity contribution in [1.29, 1.82) is 0 Å². The molecule has 102 valence electrons. The van der Waals surface area contributed by atoms with Gasteiger partial charge < -0.3 is 9.32 Å². The molecule has 2 aromatic rings. The Hall–Kier alpha value is -1.27. The van der Waals surface area contributed by atoms with E-state index in [1.165, 1.54) is 4.68 Å². The molecular formula is C12H13BrClN3O2. The van der Waals surface area contributed by atoms with Gasteiger partial charge in [0.1, 0.15) is 10.9 Å². The number of carbonyl (C=O) groups is 1. The van der Waals surface area contributed by atoms with Crippen LogP contribution in [-0.4, -0.2) is 27.6 Å². The zero-order chi connectivity index (χ0) is 14.2. The van der Waals surface area contributed by atoms with Crippen LogP contribution in [-0.2, 0) is 13.6 Å². The minimum absolute atomic E-state index is 0.178. The van der Waals surface area contributed by atoms with Crippen molar-refractivity contribution in [2.45, 2.75) is 13.5 Å². The van der Waals surface area contributed by atoms with Crippen LogP contribution in [0.4, 0.5) is 0 Å². The highest BCUT2D eigenvalue weighted by atomic mass is 79.9. The number of hydrogen-bond donors (Lipinski definition) is 0. The summed E-state index contributed by atoms with van der Waals surface area (Å²) in [6.45, 7) is 2.13. The second-order valence-corrected chi connectivity index (χ2v) is 5.38. The third kappa shape index (κ3) is 2.84. The summed E-state index contributed by atoms with van der Waals surface area (Å²) < 4.78 is 7.50. The molecule has 0 aliphatic carbocycles. The molecule has 2 heterocycles. The molecule has 19 heavy (non-hydrogen) atoms. The van der Waals surface area contributed by atoms with Crippen molar-refractivity contribution in [3.8, 4) is 0 Å². The largest absolute Gasteiger partial charge is 0.452 e. The highest BCUT2D eigenvalue weighted by Gasteiger charge is 2.22. The molecule has 0 spiro atoms. The zero-order valence-corrected chi connectivity index (χ0v) is 13.1. The van der Waals surface area contributed by atoms with Gasteiger partial charge in [0.25, 0.3) is 5.91 Å². The van der Waals surface area contributed by atoms with Crippen molar-refractivity contribution in [1.82, 2.24) is 14.7 Å². The molecule has 0 N–H and O–H groups in total. The summed E-state index contributed by atoms with van der Waals surface area (Å²) in [5, 5.41) is 4.47. The summed E-state index contributed by atoms with van der Waals surface area (Å²) >= 11 is 9.31. The summed E-state index contributed by atoms with van der Waals surface area (Å²) in [5.41, 5.74) is 1.04. The summed E-state index contributed by atoms with van der Waals surface area (Å²) in [7, 11) is 3.40. The van der Waals surface area contributed by atoms with Crippen molar-refractivity contribution in [3.05, 3.63) is 39.0 Å². The smallest absolute Gasteiger partial charge is 0.259 e. The van der Waals surface area contributed by atoms with Gasteiger partial charge in [0, 0.05) is 14.1 Å². The number of hydrogen-bond acceptors (Lipinski definition) is 3. The first-order chi connectivity index (χ1) is 8.90. The van der Waals surface area contributed by atoms with E-state index in [9.17, 15) is 4.79 Å². The fourth-order valence-electron chi connectivity index (χ4n) is 1.81. The Bertz CT molecular complexity index is 621. The van der Waals surface area contributed by atoms with E-state index in [0.717, 1.165) is 0 Å². The Balaban J connectivity index is 2.19. The lowest BCUT2D eigenvalue weighted by atomic mass is 10.2. The average Bonchev–Trinajstić information content (AvgIpc) is 2.84. The predicted molar refractivity (Wildman–Crippen MR) is 75.2 cm³/mol. The number of halogens is 2. The Morgan fingerprint density at radius 2 is 2.26 bits per heavy atom. The summed E-state index contributed by atoms with van der Waals surface area (Å²) in [4.78, 5) is 13.9. The predicted octanol–water partition coefficient (Wildman–Crippen LogP) is 3.01. The highest BCUT2D eigenvalue weighted by Crippen LogP contribution is 2.21. The van der Waals surface area contributed by atoms with Gasteiger partial charge in [0.2, 0.25) is 0 Å². The van der Waals surface area contributed by atoms with Crippen LogP contribution in [0.15, 0.2) is 21.2 Å². The number of aromatic nitrogens is 2. The molecule has 5 nitrogen and oxygen atoms in total. The second kappa shape index (κ2) is 5.38. The van der Waals surface area contributed by atoms with Crippen LogP contribution in [0.3, 0.4) is 0 Å². The molecule has 1 amide bonds. The third-order valence-corrected chi connectivity index (χ3v) is 3.59. The van der Waals surface area contributed by atoms with Crippen LogP contribution in [0.25, 0.3) is 0 Å². The fourth-order valence-corrected chi connectivity index (χ4v) is 2.40. The van der Waals surface area contributed by atoms with E-state index in [-0.39, 0.29) is 5.91 Å². The Morgan fingerprint density at radius 3 is 2.74 bits per heavy atom. The Labute approximate surface area is 124 Å². The zero-order valence-electron chi connectivity index (χ0n) is 10.8. The summed E-state index contributed by atoms with van der Waals surface area (Å²) in [6, 6.07) is 3.60. The number of rotatable bonds is 3. The molecule has 0 bridgehead atoms. The molecule has 0 aliphatic heterocycles. The maximum absolute atomic E-state index is 12.3. The van der Waals surface area contributed by atoms with Crippen molar-refractivity contribution in [2.75, 3.05) is 7.05 Å². The van der Waals surface area contributed by atoms with Gasteiger partial charge in [0.05, 0.1) is 17.8 Å². The lowest BCUT2D eigenvalue weighted by molar-refractivity contribution is 0.0774. The molecule has 0 radical (unpaired) electrons. The van der Waals surface area contributed by atoms with Gasteiger partial charge in [-0.15, -0.1) is 0 Å². The van der Waals surface area contributed by atoms with E-state index in [0.29, 0.717) is 33.4 Å². The third-order valence-electron chi connectivity index (χ3n) is 2.73. The quantitative estimate of drug-likeness (QED) is 0.858. The maximum Gasteiger partial charge on any atom is 0.259 e. The van der Waals surface area contributed by atoms with Crippen molar-refractivity contribution >= 4 is 33.4 Å². The number of carbonyl (C=O) groups excluding carboxylic acids is 1. The molecule has 0 saturated carbocycles. The highest BCUT2D eigenvalue weighted by molar-refractivity contribution is 9.10. The van der Waals surface area contributed by atoms with E-state index in [1.54, 1.807) is 32.0 Å². The number of amides is 1. The Kier molecular flexibility index (Phi) is 4.01. The maximum atomic E-state index is 12.3. The van der Waals surface area contributed by atoms with Gasteiger partial charge in [-0.1, -0.05) is 11.6 Å². The van der Waals surface area contributed by atoms with Gasteiger partial charge in [-0.3, -0.25) is 9.48 Å². The van der Waals surface area contributed by atoms with E-state index >= 15 is 0 Å². The molecule has 2 aromatic heterocycles. The van der Waals surface area contributed by atoms with Crippen molar-refractivity contribution < 1.29 is 9.21 Å². The minimum Gasteiger partial charge on any atom is -0.452 e. The first-order valence-electron chi connectivity index (χ1n) is 5.59. The molecule has 0 unspecified atom stereocenters. The molecular weight excluding hydrogens is 334 g/mol. The van der Waals surface area contributed by atoms with Crippen LogP contribution in [0.2, 0.25) is 5.15 Å². The summed E-state index contributed by atoms with van der Waals surface area (Å²) in [5.74, 6) is 0.517. The van der Waals surface area contributed by atoms with E-state index in [4.69, 9.17) is 16.0 Å². The molecule has 0 atom stereocenters. The average molecular weight is 347 g/mol. The SMILES string of the molecule is Cc1nn(C)c(Cl)c1C(=O)N(C)Cc1ccc(Br)o1. The van der Waals surface area contributed by atoms with Crippen molar-refractivity contribution in [3.63, 3.8) is 0 Å². The van der Waals surface area contributed by atoms with Crippen molar-refractivity contribution in [2.24, 2.45) is 7.05 Å². The topological polar surface area (TPSA) is 51.3 Å². The molecule has 0 aliphatic rings. The van der Waals surface area contributed by atoms with Gasteiger partial charge in [-0.2, -0.15) is 5.10 Å². The van der Waals surface area contributed by atoms with Gasteiger partial charge >= 0.3 is 0 Å². The molecule has 2 rings (SSSR count). The number of nitrogens with zero attached hydrogens (tertiary/aromatic N) is 3. The van der Waals surface area contributed by atoms with Gasteiger partial charge in [0.15, 0.2) is 4.67 Å². The van der Waals surface area contributed by atoms with Gasteiger partial charge in [-0.05, 0) is 35.0 Å². The monoisotopic (exact) mass is 345 g/mol. The normalized spacial score (nSPS) is 10.8. The van der Waals surface area contributed by atoms with Gasteiger partial charge in [-0.25, -0.2) is 0 Å². The van der Waals surface area contributed by atoms with Crippen LogP contribution < -0.4 is 0 Å². The van der Waals surface area contributed by atoms with E-state index < -0.39 is 0 Å². The van der Waals surface area contributed by atoms with E-state index in [2.05, 4.69) is 21.0 Å². The van der Waals surface area contributed by atoms with Crippen LogP contribution in [0.5, 0.6) is 0 Å². The first-order valence-corrected chi connectivity index (χ1v) is 6.76. The standard InChI is InChI=1S/C12H13BrClN3O2/c1-7-10(11(14)17(3)15-7)12(18)16(2)6-8-4-5-9(13)19-8/h4-5H,6H2,1-3H3. The molecule has 0 aromatic carbocycles. The molecule has 7 heteroatoms. The lowest BCUT2D eigenvalue weighted by Crippen LogP contribution is -2.26. The van der Waals surface area contributed by atoms with Crippen LogP contribution >= 0.6 is 27.5 Å². The first kappa shape index (κ1) is 14.1. The number of aryl methyl sites for hydroxylation is 2. The fraction of sp³-hybridized carbons (Fsp3) is 0.333. The second-order valence-electron chi connectivity index (χ2n) is 4.24. The lowest BCUT2D eigenvalue weighted by Gasteiger charge is -2.15. The molecule has 0 fully saturated rings. The van der Waals surface area contributed by atoms with E-state index in [1.807, 2.05) is 6.07 Å². The number of furan rings is 1.